The molecule has 0 aliphatic carbocycles. The fraction of sp³-hybridized carbons (Fsp3) is 0.889. The lowest BCUT2D eigenvalue weighted by atomic mass is 10.1. The van der Waals surface area contributed by atoms with Gasteiger partial charge in [-0.2, -0.15) is 0 Å². The molecule has 1 atom stereocenters. The first-order chi connectivity index (χ1) is 5.66. The van der Waals surface area contributed by atoms with Gasteiger partial charge in [-0.25, -0.2) is 0 Å². The SMILES string of the molecule is CCCC(Br)CCCCC(O)=S. The topological polar surface area (TPSA) is 20.2 Å². The number of thiocarbonyl (C=S) groups is 1. The molecule has 0 saturated heterocycles. The summed E-state index contributed by atoms with van der Waals surface area (Å²) in [5, 5.41) is 8.89. The van der Waals surface area contributed by atoms with Crippen LogP contribution in [0.1, 0.15) is 45.4 Å². The Hall–Kier alpha value is 0.370. The number of aliphatic hydroxyl groups is 1. The van der Waals surface area contributed by atoms with Gasteiger partial charge in [-0.1, -0.05) is 35.7 Å². The van der Waals surface area contributed by atoms with Crippen LogP contribution in [0.3, 0.4) is 0 Å². The van der Waals surface area contributed by atoms with Crippen LogP contribution < -0.4 is 0 Å². The molecule has 0 rings (SSSR count). The standard InChI is InChI=1S/C9H17BrOS/c1-2-5-8(10)6-3-4-7-9(11)12/h8H,2-7H2,1H3,(H,11,12). The Morgan fingerprint density at radius 2 is 2.08 bits per heavy atom. The number of hydrogen-bond donors (Lipinski definition) is 1. The van der Waals surface area contributed by atoms with E-state index in [4.69, 9.17) is 5.11 Å². The summed E-state index contributed by atoms with van der Waals surface area (Å²) in [4.78, 5) is 0.648. The smallest absolute Gasteiger partial charge is 0.156 e. The molecule has 1 N–H and O–H groups in total. The third-order valence-electron chi connectivity index (χ3n) is 1.76. The summed E-state index contributed by atoms with van der Waals surface area (Å²) in [6.07, 6.45) is 6.51. The Morgan fingerprint density at radius 1 is 1.42 bits per heavy atom. The van der Waals surface area contributed by atoms with Crippen molar-refractivity contribution in [3.8, 4) is 0 Å². The molecule has 0 aromatic carbocycles. The number of unbranched alkanes of at least 4 members (excludes halogenated alkanes) is 1. The molecule has 1 unspecified atom stereocenters. The quantitative estimate of drug-likeness (QED) is 0.420. The van der Waals surface area contributed by atoms with Crippen molar-refractivity contribution in [1.82, 2.24) is 0 Å². The fourth-order valence-electron chi connectivity index (χ4n) is 1.10. The second kappa shape index (κ2) is 7.99. The number of alkyl halides is 1. The van der Waals surface area contributed by atoms with E-state index in [0.717, 1.165) is 12.8 Å². The summed E-state index contributed by atoms with van der Waals surface area (Å²) in [6, 6.07) is 0. The maximum atomic E-state index is 8.74. The molecule has 0 amide bonds. The summed E-state index contributed by atoms with van der Waals surface area (Å²) < 4.78 is 0. The first-order valence-corrected chi connectivity index (χ1v) is 5.85. The van der Waals surface area contributed by atoms with E-state index >= 15 is 0 Å². The van der Waals surface area contributed by atoms with E-state index in [2.05, 4.69) is 35.1 Å². The molecule has 3 heteroatoms. The molecule has 0 heterocycles. The van der Waals surface area contributed by atoms with Gasteiger partial charge in [-0.3, -0.25) is 0 Å². The lowest BCUT2D eigenvalue weighted by Crippen LogP contribution is -1.98. The highest BCUT2D eigenvalue weighted by Crippen LogP contribution is 2.15. The highest BCUT2D eigenvalue weighted by atomic mass is 79.9. The summed E-state index contributed by atoms with van der Waals surface area (Å²) in [6.45, 7) is 2.19. The zero-order valence-corrected chi connectivity index (χ0v) is 9.96. The molecule has 1 nitrogen and oxygen atoms in total. The van der Waals surface area contributed by atoms with Gasteiger partial charge in [0.25, 0.3) is 0 Å². The molecule has 0 aromatic rings. The molecule has 72 valence electrons. The maximum absolute atomic E-state index is 8.74. The maximum Gasteiger partial charge on any atom is 0.156 e. The summed E-state index contributed by atoms with van der Waals surface area (Å²) in [7, 11) is 0. The predicted octanol–water partition coefficient (Wildman–Crippen LogP) is 4.00. The van der Waals surface area contributed by atoms with Crippen LogP contribution in [-0.4, -0.2) is 15.0 Å². The van der Waals surface area contributed by atoms with Crippen LogP contribution >= 0.6 is 28.1 Å². The number of rotatable bonds is 7. The summed E-state index contributed by atoms with van der Waals surface area (Å²) >= 11 is 8.18. The Morgan fingerprint density at radius 3 is 2.58 bits per heavy atom. The van der Waals surface area contributed by atoms with Crippen LogP contribution in [0.5, 0.6) is 0 Å². The van der Waals surface area contributed by atoms with Gasteiger partial charge in [0.15, 0.2) is 5.05 Å². The number of halogens is 1. The van der Waals surface area contributed by atoms with Crippen molar-refractivity contribution in [2.75, 3.05) is 0 Å². The van der Waals surface area contributed by atoms with Crippen molar-refractivity contribution in [3.05, 3.63) is 0 Å². The first-order valence-electron chi connectivity index (χ1n) is 4.52. The van der Waals surface area contributed by atoms with E-state index in [-0.39, 0.29) is 5.05 Å². The van der Waals surface area contributed by atoms with Gasteiger partial charge in [0.05, 0.1) is 0 Å². The van der Waals surface area contributed by atoms with Crippen LogP contribution in [0.25, 0.3) is 0 Å². The summed E-state index contributed by atoms with van der Waals surface area (Å²) in [5.41, 5.74) is 0. The average Bonchev–Trinajstić information content (AvgIpc) is 1.98. The minimum Gasteiger partial charge on any atom is -0.502 e. The van der Waals surface area contributed by atoms with Crippen LogP contribution in [0.2, 0.25) is 0 Å². The molecule has 0 aliphatic heterocycles. The molecule has 0 spiro atoms. The fourth-order valence-corrected chi connectivity index (χ4v) is 2.03. The molecular weight excluding hydrogens is 236 g/mol. The highest BCUT2D eigenvalue weighted by Gasteiger charge is 2.02. The van der Waals surface area contributed by atoms with Crippen molar-refractivity contribution in [3.63, 3.8) is 0 Å². The van der Waals surface area contributed by atoms with Crippen molar-refractivity contribution in [2.24, 2.45) is 0 Å². The monoisotopic (exact) mass is 252 g/mol. The van der Waals surface area contributed by atoms with Crippen molar-refractivity contribution >= 4 is 33.2 Å². The Labute approximate surface area is 88.7 Å². The van der Waals surface area contributed by atoms with E-state index in [1.165, 1.54) is 19.3 Å². The average molecular weight is 253 g/mol. The van der Waals surface area contributed by atoms with Gasteiger partial charge >= 0.3 is 0 Å². The van der Waals surface area contributed by atoms with Gasteiger partial charge in [0, 0.05) is 11.2 Å². The minimum absolute atomic E-state index is 0.150. The molecule has 0 bridgehead atoms. The molecular formula is C9H17BrOS. The van der Waals surface area contributed by atoms with Gasteiger partial charge in [-0.05, 0) is 31.5 Å². The van der Waals surface area contributed by atoms with Gasteiger partial charge < -0.3 is 5.11 Å². The minimum atomic E-state index is 0.150. The van der Waals surface area contributed by atoms with E-state index in [9.17, 15) is 0 Å². The van der Waals surface area contributed by atoms with Crippen molar-refractivity contribution in [2.45, 2.75) is 50.3 Å². The van der Waals surface area contributed by atoms with Crippen LogP contribution in [-0.2, 0) is 0 Å². The normalized spacial score (nSPS) is 12.8. The van der Waals surface area contributed by atoms with E-state index in [0.29, 0.717) is 11.2 Å². The van der Waals surface area contributed by atoms with E-state index in [1.54, 1.807) is 0 Å². The Bertz CT molecular complexity index is 128. The Kier molecular flexibility index (Phi) is 8.24. The van der Waals surface area contributed by atoms with Gasteiger partial charge in [0.2, 0.25) is 0 Å². The predicted molar refractivity (Wildman–Crippen MR) is 61.3 cm³/mol. The van der Waals surface area contributed by atoms with E-state index in [1.807, 2.05) is 0 Å². The van der Waals surface area contributed by atoms with Gasteiger partial charge in [-0.15, -0.1) is 0 Å². The highest BCUT2D eigenvalue weighted by molar-refractivity contribution is 9.09. The molecule has 12 heavy (non-hydrogen) atoms. The lowest BCUT2D eigenvalue weighted by molar-refractivity contribution is 0.534. The van der Waals surface area contributed by atoms with Crippen LogP contribution in [0.4, 0.5) is 0 Å². The van der Waals surface area contributed by atoms with Crippen molar-refractivity contribution < 1.29 is 5.11 Å². The first kappa shape index (κ1) is 12.4. The summed E-state index contributed by atoms with van der Waals surface area (Å²) in [5.74, 6) is 0. The van der Waals surface area contributed by atoms with Crippen molar-refractivity contribution in [1.29, 1.82) is 0 Å². The second-order valence-electron chi connectivity index (χ2n) is 3.03. The molecule has 0 fully saturated rings. The zero-order valence-electron chi connectivity index (χ0n) is 7.55. The third kappa shape index (κ3) is 8.47. The lowest BCUT2D eigenvalue weighted by Gasteiger charge is -2.06. The molecule has 0 saturated carbocycles. The van der Waals surface area contributed by atoms with Crippen LogP contribution in [0.15, 0.2) is 0 Å². The number of aliphatic hydroxyl groups excluding tert-OH is 1. The number of hydrogen-bond acceptors (Lipinski definition) is 1. The Balaban J connectivity index is 3.13. The van der Waals surface area contributed by atoms with Crippen LogP contribution in [0, 0.1) is 0 Å². The second-order valence-corrected chi connectivity index (χ2v) is 4.79. The van der Waals surface area contributed by atoms with E-state index < -0.39 is 0 Å². The third-order valence-corrected chi connectivity index (χ3v) is 2.88. The zero-order chi connectivity index (χ0) is 9.40. The molecule has 0 radical (unpaired) electrons. The molecule has 0 aromatic heterocycles. The van der Waals surface area contributed by atoms with Gasteiger partial charge in [0.1, 0.15) is 0 Å². The molecule has 0 aliphatic rings. The largest absolute Gasteiger partial charge is 0.502 e.